The van der Waals surface area contributed by atoms with Gasteiger partial charge in [-0.3, -0.25) is 9.69 Å². The second-order valence-corrected chi connectivity index (χ2v) is 7.08. The van der Waals surface area contributed by atoms with E-state index in [1.807, 2.05) is 24.3 Å². The van der Waals surface area contributed by atoms with Crippen molar-refractivity contribution < 1.29 is 9.53 Å². The zero-order valence-electron chi connectivity index (χ0n) is 13.9. The van der Waals surface area contributed by atoms with E-state index < -0.39 is 0 Å². The molecule has 1 aromatic heterocycles. The van der Waals surface area contributed by atoms with E-state index in [4.69, 9.17) is 16.3 Å². The number of carbonyl (C=O) groups excluding carboxylic acids is 1. The van der Waals surface area contributed by atoms with Crippen LogP contribution in [-0.2, 0) is 4.74 Å². The van der Waals surface area contributed by atoms with E-state index >= 15 is 0 Å². The van der Waals surface area contributed by atoms with Gasteiger partial charge in [0.1, 0.15) is 0 Å². The Hall–Kier alpha value is -1.96. The van der Waals surface area contributed by atoms with Crippen molar-refractivity contribution in [1.82, 2.24) is 25.6 Å². The molecular weight excluding hydrogens is 342 g/mol. The third kappa shape index (κ3) is 3.40. The van der Waals surface area contributed by atoms with Crippen LogP contribution in [0.25, 0.3) is 0 Å². The highest BCUT2D eigenvalue weighted by atomic mass is 35.5. The Balaban J connectivity index is 1.38. The number of ether oxygens (including phenoxy) is 1. The predicted octanol–water partition coefficient (Wildman–Crippen LogP) is 1.71. The summed E-state index contributed by atoms with van der Waals surface area (Å²) in [5.41, 5.74) is 2.10. The van der Waals surface area contributed by atoms with E-state index in [2.05, 4.69) is 25.6 Å². The van der Waals surface area contributed by atoms with E-state index in [0.717, 1.165) is 30.1 Å². The summed E-state index contributed by atoms with van der Waals surface area (Å²) in [6.07, 6.45) is 0.927. The van der Waals surface area contributed by atoms with Gasteiger partial charge in [-0.25, -0.2) is 0 Å². The first-order chi connectivity index (χ1) is 12.1. The molecule has 0 aliphatic carbocycles. The Morgan fingerprint density at radius 2 is 2.12 bits per heavy atom. The van der Waals surface area contributed by atoms with E-state index in [9.17, 15) is 4.79 Å². The molecule has 3 atom stereocenters. The lowest BCUT2D eigenvalue weighted by atomic mass is 10.1. The summed E-state index contributed by atoms with van der Waals surface area (Å²) in [4.78, 5) is 14.7. The largest absolute Gasteiger partial charge is 0.371 e. The number of aromatic nitrogens is 3. The number of H-pyrrole nitrogens is 1. The quantitative estimate of drug-likeness (QED) is 0.869. The molecule has 2 aromatic rings. The van der Waals surface area contributed by atoms with Crippen LogP contribution in [0.5, 0.6) is 0 Å². The fourth-order valence-corrected chi connectivity index (χ4v) is 3.74. The Labute approximate surface area is 150 Å². The van der Waals surface area contributed by atoms with Crippen molar-refractivity contribution in [2.24, 2.45) is 0 Å². The summed E-state index contributed by atoms with van der Waals surface area (Å²) in [5.74, 6) is -0.175. The lowest BCUT2D eigenvalue weighted by Gasteiger charge is -2.35. The number of benzene rings is 1. The number of aryl methyl sites for hydroxylation is 1. The number of hydrogen-bond donors (Lipinski definition) is 2. The minimum Gasteiger partial charge on any atom is -0.371 e. The van der Waals surface area contributed by atoms with Crippen LogP contribution in [0.4, 0.5) is 0 Å². The molecule has 8 heteroatoms. The highest BCUT2D eigenvalue weighted by Gasteiger charge is 2.38. The van der Waals surface area contributed by atoms with Gasteiger partial charge >= 0.3 is 0 Å². The van der Waals surface area contributed by atoms with Crippen molar-refractivity contribution in [1.29, 1.82) is 0 Å². The maximum atomic E-state index is 12.3. The Morgan fingerprint density at radius 1 is 1.32 bits per heavy atom. The summed E-state index contributed by atoms with van der Waals surface area (Å²) >= 11 is 5.96. The molecule has 2 aliphatic rings. The monoisotopic (exact) mass is 361 g/mol. The van der Waals surface area contributed by atoms with Gasteiger partial charge in [0.2, 0.25) is 0 Å². The highest BCUT2D eigenvalue weighted by molar-refractivity contribution is 6.30. The molecule has 4 rings (SSSR count). The van der Waals surface area contributed by atoms with Crippen molar-refractivity contribution in [2.75, 3.05) is 19.7 Å². The number of amides is 1. The number of hydrogen-bond acceptors (Lipinski definition) is 5. The predicted molar refractivity (Wildman–Crippen MR) is 92.5 cm³/mol. The van der Waals surface area contributed by atoms with Gasteiger partial charge in [0.25, 0.3) is 5.91 Å². The van der Waals surface area contributed by atoms with Gasteiger partial charge in [-0.05, 0) is 31.0 Å². The number of halogens is 1. The molecule has 1 amide bonds. The summed E-state index contributed by atoms with van der Waals surface area (Å²) in [6, 6.07) is 8.24. The standard InChI is InChI=1S/C17H20ClN5O2/c1-10-16(21-22-20-10)17(24)19-13-6-14-9-25-15(8-23(14)7-13)11-2-4-12(18)5-3-11/h2-5,13-15H,6-9H2,1H3,(H,19,24)(H,20,21,22)/t13-,14-,15+/m0/s1. The first kappa shape index (κ1) is 16.5. The molecule has 2 N–H and O–H groups in total. The summed E-state index contributed by atoms with van der Waals surface area (Å²) in [5, 5.41) is 14.1. The number of rotatable bonds is 3. The zero-order chi connectivity index (χ0) is 17.4. The van der Waals surface area contributed by atoms with E-state index in [1.165, 1.54) is 0 Å². The van der Waals surface area contributed by atoms with Crippen LogP contribution in [0.1, 0.15) is 34.3 Å². The molecule has 2 fully saturated rings. The van der Waals surface area contributed by atoms with Crippen LogP contribution in [-0.4, -0.2) is 58.0 Å². The second kappa shape index (κ2) is 6.74. The first-order valence-electron chi connectivity index (χ1n) is 8.39. The number of morpholine rings is 1. The molecule has 0 bridgehead atoms. The number of aromatic amines is 1. The van der Waals surface area contributed by atoms with E-state index in [0.29, 0.717) is 24.0 Å². The summed E-state index contributed by atoms with van der Waals surface area (Å²) in [6.45, 7) is 4.08. The van der Waals surface area contributed by atoms with Crippen molar-refractivity contribution >= 4 is 17.5 Å². The number of nitrogens with zero attached hydrogens (tertiary/aromatic N) is 3. The van der Waals surface area contributed by atoms with Crippen molar-refractivity contribution in [3.63, 3.8) is 0 Å². The smallest absolute Gasteiger partial charge is 0.274 e. The third-order valence-electron chi connectivity index (χ3n) is 4.93. The molecule has 1 aromatic carbocycles. The Bertz CT molecular complexity index is 763. The fraction of sp³-hybridized carbons (Fsp3) is 0.471. The van der Waals surface area contributed by atoms with Crippen LogP contribution in [0.3, 0.4) is 0 Å². The van der Waals surface area contributed by atoms with Crippen LogP contribution in [0.2, 0.25) is 5.02 Å². The zero-order valence-corrected chi connectivity index (χ0v) is 14.7. The molecule has 0 saturated carbocycles. The van der Waals surface area contributed by atoms with Crippen molar-refractivity contribution in [3.05, 3.63) is 46.2 Å². The van der Waals surface area contributed by atoms with Gasteiger partial charge in [-0.15, -0.1) is 0 Å². The number of fused-ring (bicyclic) bond motifs is 1. The first-order valence-corrected chi connectivity index (χ1v) is 8.77. The van der Waals surface area contributed by atoms with Crippen LogP contribution in [0, 0.1) is 6.92 Å². The van der Waals surface area contributed by atoms with Crippen molar-refractivity contribution in [3.8, 4) is 0 Å². The Morgan fingerprint density at radius 3 is 2.84 bits per heavy atom. The third-order valence-corrected chi connectivity index (χ3v) is 5.18. The fourth-order valence-electron chi connectivity index (χ4n) is 3.61. The van der Waals surface area contributed by atoms with E-state index in [1.54, 1.807) is 6.92 Å². The molecule has 0 unspecified atom stereocenters. The van der Waals surface area contributed by atoms with Crippen molar-refractivity contribution in [2.45, 2.75) is 31.5 Å². The average molecular weight is 362 g/mol. The lowest BCUT2D eigenvalue weighted by molar-refractivity contribution is -0.0502. The molecule has 0 spiro atoms. The van der Waals surface area contributed by atoms with Gasteiger partial charge in [0.05, 0.1) is 18.4 Å². The molecule has 0 radical (unpaired) electrons. The Kier molecular flexibility index (Phi) is 4.45. The SMILES string of the molecule is Cc1n[nH]nc1C(=O)N[C@H]1C[C@H]2CO[C@@H](c3ccc(Cl)cc3)CN2C1. The van der Waals surface area contributed by atoms with Gasteiger partial charge in [-0.2, -0.15) is 15.4 Å². The maximum absolute atomic E-state index is 12.3. The molecule has 2 saturated heterocycles. The molecule has 25 heavy (non-hydrogen) atoms. The molecule has 2 aliphatic heterocycles. The second-order valence-electron chi connectivity index (χ2n) is 6.64. The highest BCUT2D eigenvalue weighted by Crippen LogP contribution is 2.30. The average Bonchev–Trinajstić information content (AvgIpc) is 3.20. The van der Waals surface area contributed by atoms with Crippen LogP contribution < -0.4 is 5.32 Å². The van der Waals surface area contributed by atoms with Gasteiger partial charge in [-0.1, -0.05) is 23.7 Å². The van der Waals surface area contributed by atoms with Crippen LogP contribution >= 0.6 is 11.6 Å². The van der Waals surface area contributed by atoms with Gasteiger partial charge in [0, 0.05) is 30.2 Å². The minimum absolute atomic E-state index is 0.0424. The van der Waals surface area contributed by atoms with E-state index in [-0.39, 0.29) is 18.1 Å². The van der Waals surface area contributed by atoms with Gasteiger partial charge < -0.3 is 10.1 Å². The number of nitrogens with one attached hydrogen (secondary N) is 2. The van der Waals surface area contributed by atoms with Crippen LogP contribution in [0.15, 0.2) is 24.3 Å². The lowest BCUT2D eigenvalue weighted by Crippen LogP contribution is -2.43. The molecular formula is C17H20ClN5O2. The number of carbonyl (C=O) groups is 1. The normalized spacial score (nSPS) is 26.4. The van der Waals surface area contributed by atoms with Gasteiger partial charge in [0.15, 0.2) is 5.69 Å². The minimum atomic E-state index is -0.175. The maximum Gasteiger partial charge on any atom is 0.274 e. The molecule has 3 heterocycles. The molecule has 7 nitrogen and oxygen atoms in total. The topological polar surface area (TPSA) is 83.1 Å². The summed E-state index contributed by atoms with van der Waals surface area (Å²) < 4.78 is 6.04. The molecule has 132 valence electrons. The summed E-state index contributed by atoms with van der Waals surface area (Å²) in [7, 11) is 0.